The van der Waals surface area contributed by atoms with E-state index in [1.54, 1.807) is 7.05 Å². The number of nitrogens with zero attached hydrogens (tertiary/aromatic N) is 2. The summed E-state index contributed by atoms with van der Waals surface area (Å²) in [6, 6.07) is 8.83. The van der Waals surface area contributed by atoms with E-state index in [0.717, 1.165) is 55.6 Å². The summed E-state index contributed by atoms with van der Waals surface area (Å²) in [6.07, 6.45) is 5.10. The van der Waals surface area contributed by atoms with Gasteiger partial charge in [-0.1, -0.05) is 28.8 Å². The number of hydrogen-bond acceptors (Lipinski definition) is 3. The van der Waals surface area contributed by atoms with E-state index < -0.39 is 5.60 Å². The van der Waals surface area contributed by atoms with Gasteiger partial charge in [-0.25, -0.2) is 0 Å². The molecule has 1 aromatic carbocycles. The lowest BCUT2D eigenvalue weighted by atomic mass is 10.0. The minimum Gasteiger partial charge on any atom is -0.388 e. The van der Waals surface area contributed by atoms with E-state index >= 15 is 0 Å². The number of anilines is 1. The Morgan fingerprint density at radius 1 is 1.32 bits per heavy atom. The van der Waals surface area contributed by atoms with Crippen molar-refractivity contribution in [3.63, 3.8) is 0 Å². The molecule has 0 amide bonds. The van der Waals surface area contributed by atoms with Gasteiger partial charge in [0.2, 0.25) is 0 Å². The lowest BCUT2D eigenvalue weighted by Crippen LogP contribution is -2.49. The zero-order valence-electron chi connectivity index (χ0n) is 14.7. The topological polar surface area (TPSA) is 59.9 Å². The molecular weight excluding hydrogens is 495 g/mol. The predicted molar refractivity (Wildman–Crippen MR) is 118 cm³/mol. The molecule has 1 aliphatic heterocycles. The van der Waals surface area contributed by atoms with Gasteiger partial charge in [0.05, 0.1) is 5.60 Å². The maximum Gasteiger partial charge on any atom is 0.191 e. The van der Waals surface area contributed by atoms with Crippen molar-refractivity contribution in [2.45, 2.75) is 43.7 Å². The van der Waals surface area contributed by atoms with Crippen molar-refractivity contribution < 1.29 is 5.11 Å². The van der Waals surface area contributed by atoms with E-state index in [2.05, 4.69) is 60.7 Å². The van der Waals surface area contributed by atoms with Gasteiger partial charge in [-0.3, -0.25) is 4.99 Å². The van der Waals surface area contributed by atoms with Crippen molar-refractivity contribution in [3.05, 3.63) is 28.7 Å². The molecule has 1 aliphatic carbocycles. The second-order valence-corrected chi connectivity index (χ2v) is 7.83. The molecule has 1 unspecified atom stereocenters. The van der Waals surface area contributed by atoms with E-state index in [1.165, 1.54) is 5.69 Å². The lowest BCUT2D eigenvalue weighted by molar-refractivity contribution is 0.0521. The Morgan fingerprint density at radius 2 is 2.00 bits per heavy atom. The van der Waals surface area contributed by atoms with Gasteiger partial charge in [-0.05, 0) is 43.5 Å². The van der Waals surface area contributed by atoms with Crippen LogP contribution in [0.25, 0.3) is 0 Å². The number of aliphatic hydroxyl groups is 1. The normalized spacial score (nSPS) is 22.6. The smallest absolute Gasteiger partial charge is 0.191 e. The third kappa shape index (κ3) is 5.72. The summed E-state index contributed by atoms with van der Waals surface area (Å²) in [5.41, 5.74) is 0.697. The number of aliphatic imine (C=N–C) groups is 1. The van der Waals surface area contributed by atoms with Gasteiger partial charge in [0, 0.05) is 42.9 Å². The van der Waals surface area contributed by atoms with Crippen LogP contribution >= 0.6 is 39.9 Å². The third-order valence-corrected chi connectivity index (χ3v) is 5.59. The molecule has 0 spiro atoms. The van der Waals surface area contributed by atoms with Crippen LogP contribution < -0.4 is 15.5 Å². The Hall–Kier alpha value is -0.540. The van der Waals surface area contributed by atoms with Crippen LogP contribution in [-0.2, 0) is 0 Å². The molecule has 2 aliphatic rings. The lowest BCUT2D eigenvalue weighted by Gasteiger charge is -2.25. The molecule has 1 atom stereocenters. The minimum atomic E-state index is -0.559. The fraction of sp³-hybridized carbons (Fsp3) is 0.611. The van der Waals surface area contributed by atoms with Crippen LogP contribution in [-0.4, -0.2) is 49.4 Å². The van der Waals surface area contributed by atoms with Crippen LogP contribution in [0.2, 0.25) is 0 Å². The monoisotopic (exact) mass is 522 g/mol. The zero-order chi connectivity index (χ0) is 17.0. The number of nitrogens with one attached hydrogen (secondary N) is 2. The first-order chi connectivity index (χ1) is 11.6. The molecule has 7 heteroatoms. The molecule has 0 radical (unpaired) electrons. The van der Waals surface area contributed by atoms with Crippen molar-refractivity contribution in [1.82, 2.24) is 10.6 Å². The molecule has 0 aromatic heterocycles. The number of benzene rings is 1. The molecule has 25 heavy (non-hydrogen) atoms. The van der Waals surface area contributed by atoms with Crippen molar-refractivity contribution in [3.8, 4) is 0 Å². The first kappa shape index (κ1) is 20.8. The number of guanidine groups is 1. The van der Waals surface area contributed by atoms with Gasteiger partial charge < -0.3 is 20.6 Å². The Kier molecular flexibility index (Phi) is 7.82. The third-order valence-electron chi connectivity index (χ3n) is 5.06. The summed E-state index contributed by atoms with van der Waals surface area (Å²) in [5.74, 6) is 0.790. The summed E-state index contributed by atoms with van der Waals surface area (Å²) in [4.78, 5) is 6.70. The average Bonchev–Trinajstić information content (AvgIpc) is 3.22. The van der Waals surface area contributed by atoms with Gasteiger partial charge >= 0.3 is 0 Å². The molecule has 1 heterocycles. The molecule has 1 aromatic rings. The standard InChI is InChI=1S/C18H27BrN4O.HI/c1-20-17(21-13-18(24)9-2-3-10-18)22-15-8-11-23(12-15)16-6-4-14(19)5-7-16;/h4-7,15,24H,2-3,8-13H2,1H3,(H2,20,21,22);1H. The van der Waals surface area contributed by atoms with Gasteiger partial charge in [-0.2, -0.15) is 0 Å². The summed E-state index contributed by atoms with van der Waals surface area (Å²) in [6.45, 7) is 2.59. The van der Waals surface area contributed by atoms with Crippen LogP contribution in [0.15, 0.2) is 33.7 Å². The van der Waals surface area contributed by atoms with Crippen LogP contribution in [0.1, 0.15) is 32.1 Å². The molecule has 5 nitrogen and oxygen atoms in total. The quantitative estimate of drug-likeness (QED) is 0.323. The maximum absolute atomic E-state index is 10.5. The van der Waals surface area contributed by atoms with Crippen molar-refractivity contribution >= 4 is 51.6 Å². The van der Waals surface area contributed by atoms with E-state index in [-0.39, 0.29) is 24.0 Å². The highest BCUT2D eigenvalue weighted by molar-refractivity contribution is 14.0. The molecule has 140 valence electrons. The fourth-order valence-electron chi connectivity index (χ4n) is 3.61. The summed E-state index contributed by atoms with van der Waals surface area (Å²) in [7, 11) is 1.79. The first-order valence-electron chi connectivity index (χ1n) is 8.78. The van der Waals surface area contributed by atoms with E-state index in [9.17, 15) is 5.11 Å². The Morgan fingerprint density at radius 3 is 2.64 bits per heavy atom. The SMILES string of the molecule is CN=C(NCC1(O)CCCC1)NC1CCN(c2ccc(Br)cc2)C1.I. The number of hydrogen-bond donors (Lipinski definition) is 3. The highest BCUT2D eigenvalue weighted by Crippen LogP contribution is 2.28. The van der Waals surface area contributed by atoms with Crippen LogP contribution in [0, 0.1) is 0 Å². The second kappa shape index (κ2) is 9.41. The average molecular weight is 523 g/mol. The van der Waals surface area contributed by atoms with Gasteiger partial charge in [-0.15, -0.1) is 24.0 Å². The van der Waals surface area contributed by atoms with E-state index in [0.29, 0.717) is 12.6 Å². The summed E-state index contributed by atoms with van der Waals surface area (Å²) in [5, 5.41) is 17.3. The molecule has 2 fully saturated rings. The minimum absolute atomic E-state index is 0. The largest absolute Gasteiger partial charge is 0.388 e. The molecule has 1 saturated heterocycles. The predicted octanol–water partition coefficient (Wildman–Crippen LogP) is 3.12. The highest BCUT2D eigenvalue weighted by Gasteiger charge is 2.31. The summed E-state index contributed by atoms with van der Waals surface area (Å²) >= 11 is 3.48. The Balaban J connectivity index is 0.00000225. The van der Waals surface area contributed by atoms with E-state index in [1.807, 2.05) is 0 Å². The molecule has 0 bridgehead atoms. The number of rotatable bonds is 4. The maximum atomic E-state index is 10.5. The fourth-order valence-corrected chi connectivity index (χ4v) is 3.87. The van der Waals surface area contributed by atoms with Crippen LogP contribution in [0.5, 0.6) is 0 Å². The van der Waals surface area contributed by atoms with Crippen molar-refractivity contribution in [2.24, 2.45) is 4.99 Å². The Labute approximate surface area is 175 Å². The molecule has 3 N–H and O–H groups in total. The Bertz CT molecular complexity index is 575. The van der Waals surface area contributed by atoms with Crippen molar-refractivity contribution in [1.29, 1.82) is 0 Å². The van der Waals surface area contributed by atoms with Gasteiger partial charge in [0.1, 0.15) is 0 Å². The summed E-state index contributed by atoms with van der Waals surface area (Å²) < 4.78 is 1.11. The van der Waals surface area contributed by atoms with Crippen LogP contribution in [0.4, 0.5) is 5.69 Å². The molecule has 3 rings (SSSR count). The first-order valence-corrected chi connectivity index (χ1v) is 9.57. The second-order valence-electron chi connectivity index (χ2n) is 6.91. The van der Waals surface area contributed by atoms with E-state index in [4.69, 9.17) is 0 Å². The van der Waals surface area contributed by atoms with Crippen LogP contribution in [0.3, 0.4) is 0 Å². The highest BCUT2D eigenvalue weighted by atomic mass is 127. The van der Waals surface area contributed by atoms with Crippen molar-refractivity contribution in [2.75, 3.05) is 31.6 Å². The molecule has 1 saturated carbocycles. The number of halogens is 2. The van der Waals surface area contributed by atoms with Gasteiger partial charge in [0.25, 0.3) is 0 Å². The van der Waals surface area contributed by atoms with Gasteiger partial charge in [0.15, 0.2) is 5.96 Å². The molecular formula is C18H28BrIN4O. The zero-order valence-corrected chi connectivity index (χ0v) is 18.6.